The minimum atomic E-state index is -0.218. The number of halogens is 2. The molecule has 3 aromatic rings. The lowest BCUT2D eigenvalue weighted by atomic mass is 10.0. The van der Waals surface area contributed by atoms with Gasteiger partial charge in [-0.15, -0.1) is 21.8 Å². The molecule has 2 aromatic carbocycles. The van der Waals surface area contributed by atoms with E-state index in [-0.39, 0.29) is 5.82 Å². The van der Waals surface area contributed by atoms with Gasteiger partial charge in [0.25, 0.3) is 0 Å². The summed E-state index contributed by atoms with van der Waals surface area (Å²) in [6.45, 7) is 0. The van der Waals surface area contributed by atoms with Gasteiger partial charge in [0.2, 0.25) is 0 Å². The van der Waals surface area contributed by atoms with Gasteiger partial charge in [0.15, 0.2) is 0 Å². The van der Waals surface area contributed by atoms with Gasteiger partial charge in [-0.25, -0.2) is 4.39 Å². The minimum Gasteiger partial charge on any atom is -0.206 e. The Morgan fingerprint density at radius 2 is 1.84 bits per heavy atom. The summed E-state index contributed by atoms with van der Waals surface area (Å²) < 4.78 is 13.8. The molecule has 0 saturated heterocycles. The van der Waals surface area contributed by atoms with Crippen molar-refractivity contribution in [2.75, 3.05) is 5.88 Å². The van der Waals surface area contributed by atoms with Crippen molar-refractivity contribution in [3.8, 4) is 10.6 Å². The standard InChI is InChI=1S/C14H10ClFN2S/c15-8-7-13-17-18-14(19-13)11-5-6-12(16)10-4-2-1-3-9(10)11/h1-6H,7-8H2. The number of hydrogen-bond acceptors (Lipinski definition) is 3. The molecular formula is C14H10ClFN2S. The highest BCUT2D eigenvalue weighted by atomic mass is 35.5. The number of fused-ring (bicyclic) bond motifs is 1. The molecule has 0 bridgehead atoms. The molecule has 0 atom stereocenters. The highest BCUT2D eigenvalue weighted by Crippen LogP contribution is 2.32. The maximum Gasteiger partial charge on any atom is 0.148 e. The van der Waals surface area contributed by atoms with Crippen molar-refractivity contribution in [2.24, 2.45) is 0 Å². The van der Waals surface area contributed by atoms with Gasteiger partial charge in [0.1, 0.15) is 15.8 Å². The molecule has 0 fully saturated rings. The lowest BCUT2D eigenvalue weighted by Crippen LogP contribution is -1.84. The Kier molecular flexibility index (Phi) is 3.44. The number of aromatic nitrogens is 2. The number of alkyl halides is 1. The van der Waals surface area contributed by atoms with E-state index < -0.39 is 0 Å². The van der Waals surface area contributed by atoms with Crippen LogP contribution in [0.25, 0.3) is 21.3 Å². The Balaban J connectivity index is 2.16. The highest BCUT2D eigenvalue weighted by molar-refractivity contribution is 7.14. The predicted molar refractivity (Wildman–Crippen MR) is 77.2 cm³/mol. The molecule has 3 rings (SSSR count). The van der Waals surface area contributed by atoms with Crippen LogP contribution in [-0.2, 0) is 6.42 Å². The van der Waals surface area contributed by atoms with E-state index in [1.54, 1.807) is 12.1 Å². The SMILES string of the molecule is Fc1ccc(-c2nnc(CCCl)s2)c2ccccc12. The average Bonchev–Trinajstić information content (AvgIpc) is 2.88. The van der Waals surface area contributed by atoms with Gasteiger partial charge in [-0.05, 0) is 17.5 Å². The minimum absolute atomic E-state index is 0.218. The molecule has 0 unspecified atom stereocenters. The van der Waals surface area contributed by atoms with Gasteiger partial charge in [-0.3, -0.25) is 0 Å². The monoisotopic (exact) mass is 292 g/mol. The lowest BCUT2D eigenvalue weighted by molar-refractivity contribution is 0.640. The maximum absolute atomic E-state index is 13.8. The van der Waals surface area contributed by atoms with Crippen LogP contribution in [0.1, 0.15) is 5.01 Å². The van der Waals surface area contributed by atoms with Crippen molar-refractivity contribution in [3.05, 3.63) is 47.2 Å². The molecule has 0 amide bonds. The van der Waals surface area contributed by atoms with Crippen molar-refractivity contribution in [3.63, 3.8) is 0 Å². The fourth-order valence-corrected chi connectivity index (χ4v) is 3.16. The van der Waals surface area contributed by atoms with Crippen LogP contribution in [0.3, 0.4) is 0 Å². The average molecular weight is 293 g/mol. The van der Waals surface area contributed by atoms with Crippen LogP contribution >= 0.6 is 22.9 Å². The van der Waals surface area contributed by atoms with Gasteiger partial charge < -0.3 is 0 Å². The summed E-state index contributed by atoms with van der Waals surface area (Å²) in [7, 11) is 0. The quantitative estimate of drug-likeness (QED) is 0.673. The van der Waals surface area contributed by atoms with Crippen LogP contribution in [-0.4, -0.2) is 16.1 Å². The predicted octanol–water partition coefficient (Wildman–Crippen LogP) is 4.28. The molecule has 0 aliphatic carbocycles. The molecule has 2 nitrogen and oxygen atoms in total. The summed E-state index contributed by atoms with van der Waals surface area (Å²) in [4.78, 5) is 0. The molecular weight excluding hydrogens is 283 g/mol. The Morgan fingerprint density at radius 3 is 2.63 bits per heavy atom. The van der Waals surface area contributed by atoms with Gasteiger partial charge in [-0.1, -0.05) is 35.6 Å². The van der Waals surface area contributed by atoms with E-state index in [9.17, 15) is 4.39 Å². The van der Waals surface area contributed by atoms with Gasteiger partial charge >= 0.3 is 0 Å². The van der Waals surface area contributed by atoms with Crippen LogP contribution in [0.15, 0.2) is 36.4 Å². The van der Waals surface area contributed by atoms with Crippen molar-refractivity contribution < 1.29 is 4.39 Å². The van der Waals surface area contributed by atoms with Gasteiger partial charge in [0.05, 0.1) is 0 Å². The molecule has 0 radical (unpaired) electrons. The first-order valence-corrected chi connectivity index (χ1v) is 7.20. The molecule has 0 aliphatic rings. The number of rotatable bonds is 3. The zero-order chi connectivity index (χ0) is 13.2. The van der Waals surface area contributed by atoms with E-state index in [4.69, 9.17) is 11.6 Å². The second-order valence-electron chi connectivity index (χ2n) is 4.08. The van der Waals surface area contributed by atoms with E-state index in [0.717, 1.165) is 21.0 Å². The van der Waals surface area contributed by atoms with Crippen LogP contribution < -0.4 is 0 Å². The first-order valence-electron chi connectivity index (χ1n) is 5.85. The second-order valence-corrected chi connectivity index (χ2v) is 5.52. The van der Waals surface area contributed by atoms with Crippen LogP contribution in [0, 0.1) is 5.82 Å². The smallest absolute Gasteiger partial charge is 0.148 e. The van der Waals surface area contributed by atoms with Crippen molar-refractivity contribution >= 4 is 33.7 Å². The summed E-state index contributed by atoms with van der Waals surface area (Å²) in [6, 6.07) is 10.6. The van der Waals surface area contributed by atoms with E-state index in [1.807, 2.05) is 18.2 Å². The van der Waals surface area contributed by atoms with E-state index in [0.29, 0.717) is 17.7 Å². The Bertz CT molecular complexity index is 726. The van der Waals surface area contributed by atoms with Gasteiger partial charge in [-0.2, -0.15) is 0 Å². The Labute approximate surface area is 118 Å². The Hall–Kier alpha value is -1.52. The molecule has 19 heavy (non-hydrogen) atoms. The summed E-state index contributed by atoms with van der Waals surface area (Å²) >= 11 is 7.20. The normalized spacial score (nSPS) is 11.1. The third kappa shape index (κ3) is 2.33. The van der Waals surface area contributed by atoms with Crippen molar-refractivity contribution in [2.45, 2.75) is 6.42 Å². The fraction of sp³-hybridized carbons (Fsp3) is 0.143. The summed E-state index contributed by atoms with van der Waals surface area (Å²) in [6.07, 6.45) is 0.707. The molecule has 5 heteroatoms. The number of nitrogens with zero attached hydrogens (tertiary/aromatic N) is 2. The fourth-order valence-electron chi connectivity index (χ4n) is 1.99. The lowest BCUT2D eigenvalue weighted by Gasteiger charge is -2.03. The molecule has 0 spiro atoms. The Morgan fingerprint density at radius 1 is 1.05 bits per heavy atom. The molecule has 1 heterocycles. The third-order valence-electron chi connectivity index (χ3n) is 2.88. The zero-order valence-electron chi connectivity index (χ0n) is 9.94. The second kappa shape index (κ2) is 5.23. The molecule has 0 saturated carbocycles. The third-order valence-corrected chi connectivity index (χ3v) is 4.08. The van der Waals surface area contributed by atoms with Gasteiger partial charge in [0, 0.05) is 23.3 Å². The zero-order valence-corrected chi connectivity index (χ0v) is 11.5. The van der Waals surface area contributed by atoms with Crippen molar-refractivity contribution in [1.82, 2.24) is 10.2 Å². The number of aryl methyl sites for hydroxylation is 1. The summed E-state index contributed by atoms with van der Waals surface area (Å²) in [5.41, 5.74) is 0.912. The molecule has 96 valence electrons. The van der Waals surface area contributed by atoms with Crippen LogP contribution in [0.5, 0.6) is 0 Å². The van der Waals surface area contributed by atoms with Crippen LogP contribution in [0.4, 0.5) is 4.39 Å². The molecule has 1 aromatic heterocycles. The summed E-state index contributed by atoms with van der Waals surface area (Å²) in [5, 5.41) is 11.4. The molecule has 0 N–H and O–H groups in total. The van der Waals surface area contributed by atoms with E-state index >= 15 is 0 Å². The van der Waals surface area contributed by atoms with Crippen LogP contribution in [0.2, 0.25) is 0 Å². The highest BCUT2D eigenvalue weighted by Gasteiger charge is 2.11. The topological polar surface area (TPSA) is 25.8 Å². The van der Waals surface area contributed by atoms with E-state index in [2.05, 4.69) is 10.2 Å². The number of benzene rings is 2. The summed E-state index contributed by atoms with van der Waals surface area (Å²) in [5.74, 6) is 0.309. The number of hydrogen-bond donors (Lipinski definition) is 0. The van der Waals surface area contributed by atoms with E-state index in [1.165, 1.54) is 17.4 Å². The largest absolute Gasteiger partial charge is 0.206 e. The first kappa shape index (κ1) is 12.5. The first-order chi connectivity index (χ1) is 9.29. The molecule has 0 aliphatic heterocycles. The maximum atomic E-state index is 13.8. The van der Waals surface area contributed by atoms with Crippen molar-refractivity contribution in [1.29, 1.82) is 0 Å².